The summed E-state index contributed by atoms with van der Waals surface area (Å²) >= 11 is 0. The lowest BCUT2D eigenvalue weighted by Crippen LogP contribution is -2.32. The van der Waals surface area contributed by atoms with Crippen LogP contribution in [-0.2, 0) is 20.9 Å². The molecule has 40 heavy (non-hydrogen) atoms. The van der Waals surface area contributed by atoms with E-state index in [1.54, 1.807) is 36.4 Å². The van der Waals surface area contributed by atoms with E-state index in [4.69, 9.17) is 23.7 Å². The van der Waals surface area contributed by atoms with Gasteiger partial charge in [-0.05, 0) is 54.4 Å². The van der Waals surface area contributed by atoms with Gasteiger partial charge in [0.15, 0.2) is 11.5 Å². The second kappa shape index (κ2) is 12.6. The summed E-state index contributed by atoms with van der Waals surface area (Å²) in [5.41, 5.74) is 3.00. The van der Waals surface area contributed by atoms with E-state index in [1.807, 2.05) is 31.2 Å². The fourth-order valence-electron chi connectivity index (χ4n) is 4.74. The van der Waals surface area contributed by atoms with Crippen molar-refractivity contribution >= 4 is 17.4 Å². The molecule has 9 nitrogen and oxygen atoms in total. The van der Waals surface area contributed by atoms with Gasteiger partial charge in [-0.1, -0.05) is 29.8 Å². The molecule has 1 amide bonds. The standard InChI is InChI=1S/C31H33NO8/c1-19-7-6-8-20(15-19)18-40-23-11-9-21(10-12-23)28(33)26-27(32(13-14-36-2)31(35)29(26)34)22-16-24(37-3)30(39-5)25(17-22)38-4/h6-12,15-17,27,33H,13-14,18H2,1-5H3/b28-26+. The summed E-state index contributed by atoms with van der Waals surface area (Å²) in [6.07, 6.45) is 0. The van der Waals surface area contributed by atoms with Crippen LogP contribution in [0.5, 0.6) is 23.0 Å². The maximum absolute atomic E-state index is 13.3. The highest BCUT2D eigenvalue weighted by molar-refractivity contribution is 6.46. The van der Waals surface area contributed by atoms with E-state index in [0.29, 0.717) is 40.7 Å². The number of hydrogen-bond donors (Lipinski definition) is 1. The predicted octanol–water partition coefficient (Wildman–Crippen LogP) is 4.67. The number of ether oxygens (including phenoxy) is 5. The lowest BCUT2D eigenvalue weighted by molar-refractivity contribution is -0.140. The Morgan fingerprint density at radius 2 is 1.57 bits per heavy atom. The van der Waals surface area contributed by atoms with Crippen molar-refractivity contribution in [2.75, 3.05) is 41.6 Å². The fourth-order valence-corrected chi connectivity index (χ4v) is 4.74. The number of methoxy groups -OCH3 is 4. The SMILES string of the molecule is COCCN1C(=O)C(=O)/C(=C(/O)c2ccc(OCc3cccc(C)c3)cc2)C1c1cc(OC)c(OC)c(OC)c1. The number of carbonyl (C=O) groups excluding carboxylic acids is 2. The Balaban J connectivity index is 1.73. The molecule has 210 valence electrons. The third-order valence-electron chi connectivity index (χ3n) is 6.69. The maximum Gasteiger partial charge on any atom is 0.295 e. The summed E-state index contributed by atoms with van der Waals surface area (Å²) in [4.78, 5) is 27.8. The molecular formula is C31H33NO8. The molecule has 1 fully saturated rings. The summed E-state index contributed by atoms with van der Waals surface area (Å²) in [6, 6.07) is 17.1. The Morgan fingerprint density at radius 1 is 0.900 bits per heavy atom. The van der Waals surface area contributed by atoms with Crippen molar-refractivity contribution in [3.63, 3.8) is 0 Å². The van der Waals surface area contributed by atoms with Crippen LogP contribution in [0.4, 0.5) is 0 Å². The van der Waals surface area contributed by atoms with Gasteiger partial charge < -0.3 is 33.7 Å². The smallest absolute Gasteiger partial charge is 0.295 e. The molecule has 4 rings (SSSR count). The minimum atomic E-state index is -0.916. The Labute approximate surface area is 233 Å². The van der Waals surface area contributed by atoms with Gasteiger partial charge in [-0.25, -0.2) is 0 Å². The van der Waals surface area contributed by atoms with Gasteiger partial charge in [0.25, 0.3) is 11.7 Å². The third-order valence-corrected chi connectivity index (χ3v) is 6.69. The first-order chi connectivity index (χ1) is 19.3. The van der Waals surface area contributed by atoms with E-state index in [9.17, 15) is 14.7 Å². The average molecular weight is 548 g/mol. The number of rotatable bonds is 11. The van der Waals surface area contributed by atoms with Gasteiger partial charge in [-0.15, -0.1) is 0 Å². The number of aryl methyl sites for hydroxylation is 1. The maximum atomic E-state index is 13.3. The minimum Gasteiger partial charge on any atom is -0.507 e. The molecule has 3 aromatic carbocycles. The first-order valence-corrected chi connectivity index (χ1v) is 12.7. The molecule has 0 radical (unpaired) electrons. The number of aliphatic hydroxyl groups is 1. The van der Waals surface area contributed by atoms with Gasteiger partial charge >= 0.3 is 0 Å². The molecule has 1 heterocycles. The second-order valence-corrected chi connectivity index (χ2v) is 9.25. The molecule has 1 N–H and O–H groups in total. The van der Waals surface area contributed by atoms with Crippen LogP contribution in [-0.4, -0.2) is 63.3 Å². The molecule has 1 saturated heterocycles. The lowest BCUT2D eigenvalue weighted by Gasteiger charge is -2.26. The van der Waals surface area contributed by atoms with E-state index >= 15 is 0 Å². The quantitative estimate of drug-likeness (QED) is 0.210. The first kappa shape index (κ1) is 28.5. The van der Waals surface area contributed by atoms with Crippen LogP contribution in [0, 0.1) is 6.92 Å². The van der Waals surface area contributed by atoms with Crippen molar-refractivity contribution in [1.82, 2.24) is 4.90 Å². The number of ketones is 1. The Hall–Kier alpha value is -4.50. The zero-order chi connectivity index (χ0) is 28.8. The van der Waals surface area contributed by atoms with Crippen LogP contribution < -0.4 is 18.9 Å². The predicted molar refractivity (Wildman–Crippen MR) is 149 cm³/mol. The van der Waals surface area contributed by atoms with Crippen molar-refractivity contribution in [2.24, 2.45) is 0 Å². The van der Waals surface area contributed by atoms with Gasteiger partial charge in [-0.2, -0.15) is 0 Å². The Morgan fingerprint density at radius 3 is 2.15 bits per heavy atom. The van der Waals surface area contributed by atoms with Crippen molar-refractivity contribution in [2.45, 2.75) is 19.6 Å². The van der Waals surface area contributed by atoms with Gasteiger partial charge in [-0.3, -0.25) is 9.59 Å². The van der Waals surface area contributed by atoms with Gasteiger partial charge in [0.1, 0.15) is 18.1 Å². The van der Waals surface area contributed by atoms with Gasteiger partial charge in [0.2, 0.25) is 5.75 Å². The molecule has 3 aromatic rings. The lowest BCUT2D eigenvalue weighted by atomic mass is 9.94. The second-order valence-electron chi connectivity index (χ2n) is 9.25. The summed E-state index contributed by atoms with van der Waals surface area (Å²) in [5.74, 6) is -0.179. The monoisotopic (exact) mass is 547 g/mol. The normalized spacial score (nSPS) is 16.2. The van der Waals surface area contributed by atoms with Crippen LogP contribution in [0.25, 0.3) is 5.76 Å². The highest BCUT2D eigenvalue weighted by Gasteiger charge is 2.46. The fraction of sp³-hybridized carbons (Fsp3) is 0.290. The van der Waals surface area contributed by atoms with Crippen molar-refractivity contribution in [1.29, 1.82) is 0 Å². The molecule has 0 aromatic heterocycles. The first-order valence-electron chi connectivity index (χ1n) is 12.7. The summed E-state index contributed by atoms with van der Waals surface area (Å²) in [7, 11) is 5.95. The molecule has 9 heteroatoms. The number of hydrogen-bond acceptors (Lipinski definition) is 8. The molecule has 0 saturated carbocycles. The molecule has 0 aliphatic carbocycles. The number of benzene rings is 3. The zero-order valence-electron chi connectivity index (χ0n) is 23.2. The zero-order valence-corrected chi connectivity index (χ0v) is 23.2. The molecule has 0 bridgehead atoms. The summed E-state index contributed by atoms with van der Waals surface area (Å²) in [6.45, 7) is 2.73. The summed E-state index contributed by atoms with van der Waals surface area (Å²) < 4.78 is 27.5. The van der Waals surface area contributed by atoms with Crippen molar-refractivity contribution in [3.05, 3.63) is 88.5 Å². The number of aliphatic hydroxyl groups excluding tert-OH is 1. The molecule has 0 spiro atoms. The topological polar surface area (TPSA) is 104 Å². The van der Waals surface area contributed by atoms with Crippen LogP contribution in [0.15, 0.2) is 66.2 Å². The molecule has 1 atom stereocenters. The van der Waals surface area contributed by atoms with Gasteiger partial charge in [0.05, 0.1) is 39.6 Å². The number of Topliss-reactive ketones (excluding diaryl/α,β-unsaturated/α-hetero) is 1. The van der Waals surface area contributed by atoms with E-state index in [-0.39, 0.29) is 24.5 Å². The third kappa shape index (κ3) is 5.74. The minimum absolute atomic E-state index is 0.0520. The highest BCUT2D eigenvalue weighted by Crippen LogP contribution is 2.45. The Kier molecular flexibility index (Phi) is 8.96. The van der Waals surface area contributed by atoms with Crippen molar-refractivity contribution in [3.8, 4) is 23.0 Å². The number of amides is 1. The van der Waals surface area contributed by atoms with E-state index in [1.165, 1.54) is 33.3 Å². The van der Waals surface area contributed by atoms with E-state index in [2.05, 4.69) is 0 Å². The van der Waals surface area contributed by atoms with E-state index < -0.39 is 17.7 Å². The number of carbonyl (C=O) groups is 2. The van der Waals surface area contributed by atoms with Crippen LogP contribution >= 0.6 is 0 Å². The highest BCUT2D eigenvalue weighted by atomic mass is 16.5. The average Bonchev–Trinajstić information content (AvgIpc) is 3.23. The van der Waals surface area contributed by atoms with E-state index in [0.717, 1.165) is 11.1 Å². The van der Waals surface area contributed by atoms with Crippen molar-refractivity contribution < 1.29 is 38.4 Å². The van der Waals surface area contributed by atoms with Crippen LogP contribution in [0.2, 0.25) is 0 Å². The molecular weight excluding hydrogens is 514 g/mol. The number of likely N-dealkylation sites (tertiary alicyclic amines) is 1. The van der Waals surface area contributed by atoms with Gasteiger partial charge in [0, 0.05) is 19.2 Å². The molecule has 1 aliphatic heterocycles. The molecule has 1 aliphatic rings. The Bertz CT molecular complexity index is 1390. The summed E-state index contributed by atoms with van der Waals surface area (Å²) in [5, 5.41) is 11.4. The van der Waals surface area contributed by atoms with Crippen LogP contribution in [0.1, 0.15) is 28.3 Å². The largest absolute Gasteiger partial charge is 0.507 e. The number of nitrogens with zero attached hydrogens (tertiary/aromatic N) is 1. The molecule has 1 unspecified atom stereocenters. The van der Waals surface area contributed by atoms with Crippen LogP contribution in [0.3, 0.4) is 0 Å².